The van der Waals surface area contributed by atoms with Gasteiger partial charge in [-0.05, 0) is 41.5 Å². The zero-order valence-electron chi connectivity index (χ0n) is 22.8. The van der Waals surface area contributed by atoms with Crippen LogP contribution in [0.4, 0.5) is 0 Å². The summed E-state index contributed by atoms with van der Waals surface area (Å²) in [5, 5.41) is 38.3. The molecule has 2 rings (SSSR count). The van der Waals surface area contributed by atoms with E-state index in [0.29, 0.717) is 17.5 Å². The van der Waals surface area contributed by atoms with E-state index in [0.717, 1.165) is 0 Å². The van der Waals surface area contributed by atoms with Gasteiger partial charge in [0.2, 0.25) is 11.8 Å². The van der Waals surface area contributed by atoms with E-state index in [1.165, 1.54) is 12.1 Å². The monoisotopic (exact) mass is 541 g/mol. The van der Waals surface area contributed by atoms with E-state index in [4.69, 9.17) is 5.11 Å². The number of carbonyl (C=O) groups excluding carboxylic acids is 3. The van der Waals surface area contributed by atoms with E-state index < -0.39 is 48.0 Å². The molecule has 0 spiro atoms. The summed E-state index contributed by atoms with van der Waals surface area (Å²) in [6.45, 7) is 7.51. The number of benzene rings is 2. The highest BCUT2D eigenvalue weighted by molar-refractivity contribution is 5.88. The van der Waals surface area contributed by atoms with Gasteiger partial charge in [0.1, 0.15) is 6.04 Å². The van der Waals surface area contributed by atoms with Crippen LogP contribution in [0.15, 0.2) is 54.6 Å². The van der Waals surface area contributed by atoms with Crippen LogP contribution in [0.2, 0.25) is 0 Å². The summed E-state index contributed by atoms with van der Waals surface area (Å²) >= 11 is 0. The first kappa shape index (κ1) is 31.5. The first-order chi connectivity index (χ1) is 18.4. The van der Waals surface area contributed by atoms with Crippen molar-refractivity contribution >= 4 is 23.7 Å². The van der Waals surface area contributed by atoms with Crippen LogP contribution in [0.1, 0.15) is 68.1 Å². The number of aliphatic hydroxyl groups is 2. The first-order valence-corrected chi connectivity index (χ1v) is 13.0. The SMILES string of the molecule is CC(C)C[C@H](NC(=O)C(O)c1ccccc1)[C@H](O)CC(=O)N[C@H](C(=O)NCc1ccc(C(=O)O)cc1)C(C)C. The molecule has 10 nitrogen and oxygen atoms in total. The van der Waals surface area contributed by atoms with Gasteiger partial charge in [0.25, 0.3) is 5.91 Å². The summed E-state index contributed by atoms with van der Waals surface area (Å²) in [5.74, 6) is -2.88. The fraction of sp³-hybridized carbons (Fsp3) is 0.448. The number of nitrogens with one attached hydrogen (secondary N) is 3. The average Bonchev–Trinajstić information content (AvgIpc) is 2.89. The highest BCUT2D eigenvalue weighted by atomic mass is 16.4. The number of hydrogen-bond acceptors (Lipinski definition) is 6. The van der Waals surface area contributed by atoms with E-state index in [1.807, 2.05) is 13.8 Å². The van der Waals surface area contributed by atoms with E-state index in [-0.39, 0.29) is 30.4 Å². The van der Waals surface area contributed by atoms with Crippen molar-refractivity contribution in [1.82, 2.24) is 16.0 Å². The van der Waals surface area contributed by atoms with Gasteiger partial charge in [-0.15, -0.1) is 0 Å². The van der Waals surface area contributed by atoms with E-state index in [1.54, 1.807) is 56.3 Å². The molecule has 2 aromatic rings. The van der Waals surface area contributed by atoms with Gasteiger partial charge >= 0.3 is 5.97 Å². The second-order valence-corrected chi connectivity index (χ2v) is 10.3. The highest BCUT2D eigenvalue weighted by Crippen LogP contribution is 2.16. The van der Waals surface area contributed by atoms with Crippen molar-refractivity contribution in [3.8, 4) is 0 Å². The van der Waals surface area contributed by atoms with Crippen molar-refractivity contribution in [1.29, 1.82) is 0 Å². The Hall–Kier alpha value is -3.76. The Kier molecular flexibility index (Phi) is 12.1. The third-order valence-electron chi connectivity index (χ3n) is 6.21. The lowest BCUT2D eigenvalue weighted by Gasteiger charge is -2.28. The number of carbonyl (C=O) groups is 4. The smallest absolute Gasteiger partial charge is 0.335 e. The van der Waals surface area contributed by atoms with Crippen molar-refractivity contribution in [2.75, 3.05) is 0 Å². The third-order valence-corrected chi connectivity index (χ3v) is 6.21. The molecule has 39 heavy (non-hydrogen) atoms. The number of carboxylic acids is 1. The van der Waals surface area contributed by atoms with Gasteiger partial charge in [0.15, 0.2) is 6.10 Å². The van der Waals surface area contributed by atoms with Gasteiger partial charge in [-0.25, -0.2) is 4.79 Å². The van der Waals surface area contributed by atoms with Gasteiger partial charge in [0.05, 0.1) is 24.1 Å². The van der Waals surface area contributed by atoms with Crippen molar-refractivity contribution in [3.63, 3.8) is 0 Å². The Morgan fingerprint density at radius 2 is 1.44 bits per heavy atom. The van der Waals surface area contributed by atoms with Gasteiger partial charge in [-0.1, -0.05) is 70.2 Å². The molecule has 2 aromatic carbocycles. The largest absolute Gasteiger partial charge is 0.478 e. The predicted octanol–water partition coefficient (Wildman–Crippen LogP) is 2.16. The van der Waals surface area contributed by atoms with Crippen molar-refractivity contribution in [2.24, 2.45) is 11.8 Å². The molecule has 0 saturated carbocycles. The molecule has 0 fully saturated rings. The maximum absolute atomic E-state index is 12.8. The van der Waals surface area contributed by atoms with Crippen LogP contribution in [0.25, 0.3) is 0 Å². The molecule has 212 valence electrons. The minimum atomic E-state index is -1.42. The van der Waals surface area contributed by atoms with Crippen LogP contribution in [-0.4, -0.2) is 57.2 Å². The average molecular weight is 542 g/mol. The number of rotatable bonds is 14. The molecular weight excluding hydrogens is 502 g/mol. The number of aromatic carboxylic acids is 1. The first-order valence-electron chi connectivity index (χ1n) is 13.0. The molecule has 0 heterocycles. The number of carboxylic acid groups (broad SMARTS) is 1. The second-order valence-electron chi connectivity index (χ2n) is 10.3. The van der Waals surface area contributed by atoms with Crippen LogP contribution >= 0.6 is 0 Å². The van der Waals surface area contributed by atoms with Crippen LogP contribution in [-0.2, 0) is 20.9 Å². The highest BCUT2D eigenvalue weighted by Gasteiger charge is 2.30. The molecule has 0 aliphatic rings. The summed E-state index contributed by atoms with van der Waals surface area (Å²) in [6, 6.07) is 12.8. The maximum atomic E-state index is 12.8. The molecule has 0 aliphatic heterocycles. The summed E-state index contributed by atoms with van der Waals surface area (Å²) in [4.78, 5) is 49.3. The third kappa shape index (κ3) is 10.1. The van der Waals surface area contributed by atoms with Gasteiger partial charge in [0, 0.05) is 6.54 Å². The Balaban J connectivity index is 1.98. The molecule has 6 N–H and O–H groups in total. The molecule has 0 aliphatic carbocycles. The molecule has 4 atom stereocenters. The fourth-order valence-electron chi connectivity index (χ4n) is 4.03. The van der Waals surface area contributed by atoms with Crippen LogP contribution < -0.4 is 16.0 Å². The molecule has 3 amide bonds. The summed E-state index contributed by atoms with van der Waals surface area (Å²) in [7, 11) is 0. The summed E-state index contributed by atoms with van der Waals surface area (Å²) in [5.41, 5.74) is 1.24. The van der Waals surface area contributed by atoms with Gasteiger partial charge < -0.3 is 31.3 Å². The molecular formula is C29H39N3O7. The van der Waals surface area contributed by atoms with Crippen molar-refractivity contribution in [3.05, 3.63) is 71.3 Å². The second kappa shape index (κ2) is 15.0. The van der Waals surface area contributed by atoms with Gasteiger partial charge in [-0.3, -0.25) is 14.4 Å². The molecule has 0 bridgehead atoms. The number of amides is 3. The lowest BCUT2D eigenvalue weighted by atomic mass is 9.96. The van der Waals surface area contributed by atoms with E-state index >= 15 is 0 Å². The quantitative estimate of drug-likeness (QED) is 0.213. The van der Waals surface area contributed by atoms with Gasteiger partial charge in [-0.2, -0.15) is 0 Å². The Morgan fingerprint density at radius 3 is 1.97 bits per heavy atom. The zero-order chi connectivity index (χ0) is 29.1. The Bertz CT molecular complexity index is 1100. The Morgan fingerprint density at radius 1 is 0.821 bits per heavy atom. The number of aliphatic hydroxyl groups excluding tert-OH is 2. The molecule has 0 saturated heterocycles. The molecule has 10 heteroatoms. The van der Waals surface area contributed by atoms with E-state index in [2.05, 4.69) is 16.0 Å². The predicted molar refractivity (Wildman–Crippen MR) is 145 cm³/mol. The van der Waals surface area contributed by atoms with Crippen LogP contribution in [0.5, 0.6) is 0 Å². The fourth-order valence-corrected chi connectivity index (χ4v) is 4.03. The molecule has 1 unspecified atom stereocenters. The lowest BCUT2D eigenvalue weighted by molar-refractivity contribution is -0.133. The maximum Gasteiger partial charge on any atom is 0.335 e. The summed E-state index contributed by atoms with van der Waals surface area (Å²) < 4.78 is 0. The lowest BCUT2D eigenvalue weighted by Crippen LogP contribution is -2.52. The zero-order valence-corrected chi connectivity index (χ0v) is 22.8. The Labute approximate surface area is 228 Å². The minimum Gasteiger partial charge on any atom is -0.478 e. The molecule has 0 aromatic heterocycles. The normalized spacial score (nSPS) is 14.3. The van der Waals surface area contributed by atoms with E-state index in [9.17, 15) is 29.4 Å². The topological polar surface area (TPSA) is 165 Å². The summed E-state index contributed by atoms with van der Waals surface area (Å²) in [6.07, 6.45) is -2.65. The standard InChI is InChI=1S/C29H39N3O7/c1-17(2)14-22(31-28(37)26(35)20-8-6-5-7-9-20)23(33)15-24(34)32-25(18(3)4)27(36)30-16-19-10-12-21(13-11-19)29(38)39/h5-13,17-18,22-23,25-26,33,35H,14-16H2,1-4H3,(H,30,36)(H,31,37)(H,32,34)(H,38,39)/t22-,23+,25-,26?/m0/s1. The van der Waals surface area contributed by atoms with Crippen molar-refractivity contribution in [2.45, 2.75) is 71.4 Å². The minimum absolute atomic E-state index is 0.0839. The van der Waals surface area contributed by atoms with Crippen molar-refractivity contribution < 1.29 is 34.5 Å². The van der Waals surface area contributed by atoms with Crippen LogP contribution in [0.3, 0.4) is 0 Å². The van der Waals surface area contributed by atoms with Crippen LogP contribution in [0, 0.1) is 11.8 Å². The molecule has 0 radical (unpaired) electrons. The number of hydrogen-bond donors (Lipinski definition) is 6.